The number of nitrogens with zero attached hydrogens (tertiary/aromatic N) is 1. The normalized spacial score (nSPS) is 10.7. The highest BCUT2D eigenvalue weighted by Crippen LogP contribution is 2.20. The number of thiazole rings is 1. The molecule has 1 aromatic carbocycles. The average Bonchev–Trinajstić information content (AvgIpc) is 2.30. The van der Waals surface area contributed by atoms with Gasteiger partial charge in [0.15, 0.2) is 0 Å². The summed E-state index contributed by atoms with van der Waals surface area (Å²) in [6.07, 6.45) is 0. The summed E-state index contributed by atoms with van der Waals surface area (Å²) in [7, 11) is 2.10. The van der Waals surface area contributed by atoms with Crippen LogP contribution in [0, 0.1) is 3.01 Å². The molecule has 2 rings (SSSR count). The van der Waals surface area contributed by atoms with Crippen LogP contribution in [-0.4, -0.2) is 0 Å². The Morgan fingerprint density at radius 1 is 1.36 bits per heavy atom. The van der Waals surface area contributed by atoms with Gasteiger partial charge in [-0.15, -0.1) is 0 Å². The van der Waals surface area contributed by atoms with Gasteiger partial charge in [0, 0.05) is 6.07 Å². The number of benzene rings is 1. The molecule has 1 heterocycles. The summed E-state index contributed by atoms with van der Waals surface area (Å²) >= 11 is 4.19. The summed E-state index contributed by atoms with van der Waals surface area (Å²) < 4.78 is 4.89. The standard InChI is InChI=1S/C8H7INS/c1-10-6-4-2-3-5-7(6)11-8(10)9/h2-5H,1H3/q+1. The summed E-state index contributed by atoms with van der Waals surface area (Å²) in [5.41, 5.74) is 1.32. The number of fused-ring (bicyclic) bond motifs is 1. The highest BCUT2D eigenvalue weighted by molar-refractivity contribution is 14.1. The zero-order valence-corrected chi connectivity index (χ0v) is 9.02. The first-order chi connectivity index (χ1) is 5.29. The Hall–Kier alpha value is -0.160. The number of para-hydroxylation sites is 1. The topological polar surface area (TPSA) is 3.88 Å². The number of rotatable bonds is 0. The molecular weight excluding hydrogens is 269 g/mol. The van der Waals surface area contributed by atoms with Crippen LogP contribution < -0.4 is 4.57 Å². The molecule has 0 saturated carbocycles. The predicted octanol–water partition coefficient (Wildman–Crippen LogP) is 2.33. The van der Waals surface area contributed by atoms with Crippen LogP contribution in [0.15, 0.2) is 24.3 Å². The van der Waals surface area contributed by atoms with Crippen LogP contribution in [0.2, 0.25) is 0 Å². The summed E-state index contributed by atoms with van der Waals surface area (Å²) in [5, 5.41) is 0. The molecule has 0 atom stereocenters. The second kappa shape index (κ2) is 2.71. The summed E-state index contributed by atoms with van der Waals surface area (Å²) in [4.78, 5) is 0. The third-order valence-corrected chi connectivity index (χ3v) is 4.08. The van der Waals surface area contributed by atoms with Gasteiger partial charge >= 0.3 is 0 Å². The number of halogens is 1. The average molecular weight is 276 g/mol. The van der Waals surface area contributed by atoms with Gasteiger partial charge in [-0.25, -0.2) is 0 Å². The van der Waals surface area contributed by atoms with Crippen LogP contribution in [-0.2, 0) is 7.05 Å². The molecule has 1 nitrogen and oxygen atoms in total. The van der Waals surface area contributed by atoms with E-state index in [1.54, 1.807) is 0 Å². The van der Waals surface area contributed by atoms with Crippen LogP contribution in [0.4, 0.5) is 0 Å². The molecule has 3 heteroatoms. The van der Waals surface area contributed by atoms with Crippen LogP contribution >= 0.6 is 33.9 Å². The highest BCUT2D eigenvalue weighted by atomic mass is 127. The van der Waals surface area contributed by atoms with Crippen molar-refractivity contribution < 1.29 is 4.57 Å². The molecule has 2 aromatic rings. The SMILES string of the molecule is C[n+]1c(I)sc2ccccc21. The van der Waals surface area contributed by atoms with Crippen molar-refractivity contribution in [2.75, 3.05) is 0 Å². The number of hydrogen-bond donors (Lipinski definition) is 0. The van der Waals surface area contributed by atoms with Crippen molar-refractivity contribution in [3.8, 4) is 0 Å². The zero-order chi connectivity index (χ0) is 7.84. The summed E-state index contributed by atoms with van der Waals surface area (Å²) in [5.74, 6) is 0. The van der Waals surface area contributed by atoms with E-state index in [0.29, 0.717) is 0 Å². The van der Waals surface area contributed by atoms with Crippen molar-refractivity contribution in [2.45, 2.75) is 0 Å². The maximum absolute atomic E-state index is 2.36. The number of aromatic nitrogens is 1. The monoisotopic (exact) mass is 276 g/mol. The van der Waals surface area contributed by atoms with Gasteiger partial charge < -0.3 is 0 Å². The molecule has 56 valence electrons. The van der Waals surface area contributed by atoms with E-state index in [2.05, 4.69) is 58.5 Å². The third-order valence-electron chi connectivity index (χ3n) is 1.68. The van der Waals surface area contributed by atoms with Crippen LogP contribution in [0.5, 0.6) is 0 Å². The first-order valence-corrected chi connectivity index (χ1v) is 5.21. The number of aryl methyl sites for hydroxylation is 1. The molecule has 0 unspecified atom stereocenters. The van der Waals surface area contributed by atoms with E-state index >= 15 is 0 Å². The van der Waals surface area contributed by atoms with Gasteiger partial charge in [0.1, 0.15) is 11.7 Å². The maximum Gasteiger partial charge on any atom is 0.298 e. The van der Waals surface area contributed by atoms with Crippen molar-refractivity contribution in [1.29, 1.82) is 0 Å². The van der Waals surface area contributed by atoms with Crippen LogP contribution in [0.1, 0.15) is 0 Å². The maximum atomic E-state index is 2.36. The molecule has 1 aromatic heterocycles. The van der Waals surface area contributed by atoms with E-state index in [1.165, 1.54) is 13.2 Å². The quantitative estimate of drug-likeness (QED) is 0.513. The zero-order valence-electron chi connectivity index (χ0n) is 6.04. The van der Waals surface area contributed by atoms with Crippen LogP contribution in [0.25, 0.3) is 10.2 Å². The van der Waals surface area contributed by atoms with Crippen molar-refractivity contribution in [3.63, 3.8) is 0 Å². The molecule has 0 spiro atoms. The van der Waals surface area contributed by atoms with Crippen molar-refractivity contribution in [2.24, 2.45) is 7.05 Å². The molecule has 11 heavy (non-hydrogen) atoms. The predicted molar refractivity (Wildman–Crippen MR) is 55.7 cm³/mol. The molecule has 0 N–H and O–H groups in total. The van der Waals surface area contributed by atoms with E-state index in [4.69, 9.17) is 0 Å². The Labute approximate surface area is 82.8 Å². The second-order valence-electron chi connectivity index (χ2n) is 2.38. The van der Waals surface area contributed by atoms with Gasteiger partial charge in [0.25, 0.3) is 3.01 Å². The fourth-order valence-corrected chi connectivity index (χ4v) is 2.92. The summed E-state index contributed by atoms with van der Waals surface area (Å²) in [6, 6.07) is 8.45. The van der Waals surface area contributed by atoms with Gasteiger partial charge in [0.05, 0.1) is 22.6 Å². The molecule has 0 fully saturated rings. The van der Waals surface area contributed by atoms with E-state index in [1.807, 2.05) is 11.3 Å². The Kier molecular flexibility index (Phi) is 1.85. The lowest BCUT2D eigenvalue weighted by Crippen LogP contribution is -2.28. The van der Waals surface area contributed by atoms with Crippen LogP contribution in [0.3, 0.4) is 0 Å². The minimum absolute atomic E-state index is 1.32. The Morgan fingerprint density at radius 2 is 2.09 bits per heavy atom. The molecule has 0 aliphatic carbocycles. The Balaban J connectivity index is 2.92. The lowest BCUT2D eigenvalue weighted by Gasteiger charge is -1.82. The molecule has 0 bridgehead atoms. The third kappa shape index (κ3) is 1.16. The van der Waals surface area contributed by atoms with E-state index < -0.39 is 0 Å². The van der Waals surface area contributed by atoms with Gasteiger partial charge in [-0.1, -0.05) is 23.5 Å². The van der Waals surface area contributed by atoms with Crippen molar-refractivity contribution >= 4 is 44.1 Å². The summed E-state index contributed by atoms with van der Waals surface area (Å²) in [6.45, 7) is 0. The van der Waals surface area contributed by atoms with Gasteiger partial charge in [-0.3, -0.25) is 0 Å². The Bertz CT molecular complexity index is 394. The second-order valence-corrected chi connectivity index (χ2v) is 5.17. The smallest absolute Gasteiger partial charge is 0.180 e. The van der Waals surface area contributed by atoms with E-state index in [9.17, 15) is 0 Å². The van der Waals surface area contributed by atoms with E-state index in [0.717, 1.165) is 0 Å². The minimum Gasteiger partial charge on any atom is -0.180 e. The highest BCUT2D eigenvalue weighted by Gasteiger charge is 2.11. The number of hydrogen-bond acceptors (Lipinski definition) is 1. The molecule has 0 saturated heterocycles. The minimum atomic E-state index is 1.32. The van der Waals surface area contributed by atoms with Gasteiger partial charge in [-0.2, -0.15) is 4.57 Å². The van der Waals surface area contributed by atoms with Crippen molar-refractivity contribution in [1.82, 2.24) is 0 Å². The molecular formula is C8H7INS+. The lowest BCUT2D eigenvalue weighted by molar-refractivity contribution is -0.652. The fraction of sp³-hybridized carbons (Fsp3) is 0.125. The molecule has 0 amide bonds. The first kappa shape index (κ1) is 7.49. The molecule has 0 aliphatic rings. The largest absolute Gasteiger partial charge is 0.298 e. The molecule has 0 aliphatic heterocycles. The van der Waals surface area contributed by atoms with E-state index in [-0.39, 0.29) is 0 Å². The van der Waals surface area contributed by atoms with Crippen molar-refractivity contribution in [3.05, 3.63) is 27.3 Å². The lowest BCUT2D eigenvalue weighted by atomic mass is 10.3. The fourth-order valence-electron chi connectivity index (χ4n) is 1.07. The van der Waals surface area contributed by atoms with Gasteiger partial charge in [0.2, 0.25) is 5.52 Å². The van der Waals surface area contributed by atoms with Gasteiger partial charge in [-0.05, 0) is 6.07 Å². The molecule has 0 radical (unpaired) electrons. The Morgan fingerprint density at radius 3 is 2.82 bits per heavy atom. The first-order valence-electron chi connectivity index (χ1n) is 3.32.